The molecule has 0 bridgehead atoms. The summed E-state index contributed by atoms with van der Waals surface area (Å²) in [6.45, 7) is 6.84. The first-order chi connectivity index (χ1) is 8.39. The number of nitrogens with two attached hydrogens (primary N) is 1. The van der Waals surface area contributed by atoms with Gasteiger partial charge >= 0.3 is 0 Å². The lowest BCUT2D eigenvalue weighted by molar-refractivity contribution is -0.126. The Bertz CT molecular complexity index is 317. The SMILES string of the molecule is CC(C)(C)[C@H](N)C(=O)NC1CCCC2OCCC12.Cl. The van der Waals surface area contributed by atoms with Crippen molar-refractivity contribution in [2.45, 2.75) is 64.6 Å². The average Bonchev–Trinajstić information content (AvgIpc) is 2.75. The first kappa shape index (κ1) is 16.7. The van der Waals surface area contributed by atoms with Crippen LogP contribution in [0.4, 0.5) is 0 Å². The van der Waals surface area contributed by atoms with Gasteiger partial charge in [-0.3, -0.25) is 4.79 Å². The molecule has 1 aliphatic heterocycles. The third-order valence-corrected chi connectivity index (χ3v) is 4.32. The first-order valence-electron chi connectivity index (χ1n) is 7.07. The van der Waals surface area contributed by atoms with E-state index >= 15 is 0 Å². The van der Waals surface area contributed by atoms with Crippen LogP contribution in [0.5, 0.6) is 0 Å². The van der Waals surface area contributed by atoms with Crippen LogP contribution in [-0.2, 0) is 9.53 Å². The van der Waals surface area contributed by atoms with Crippen molar-refractivity contribution in [3.8, 4) is 0 Å². The Morgan fingerprint density at radius 2 is 2.00 bits per heavy atom. The summed E-state index contributed by atoms with van der Waals surface area (Å²) in [6, 6.07) is -0.188. The highest BCUT2D eigenvalue weighted by Gasteiger charge is 2.39. The van der Waals surface area contributed by atoms with Crippen LogP contribution < -0.4 is 11.1 Å². The third kappa shape index (κ3) is 3.83. The fourth-order valence-electron chi connectivity index (χ4n) is 3.02. The van der Waals surface area contributed by atoms with E-state index in [9.17, 15) is 4.79 Å². The van der Waals surface area contributed by atoms with Crippen LogP contribution in [0.15, 0.2) is 0 Å². The van der Waals surface area contributed by atoms with Gasteiger partial charge in [0.2, 0.25) is 5.91 Å². The van der Waals surface area contributed by atoms with E-state index in [0.717, 1.165) is 32.3 Å². The predicted molar refractivity (Wildman–Crippen MR) is 78.3 cm³/mol. The second-order valence-corrected chi connectivity index (χ2v) is 6.75. The Morgan fingerprint density at radius 1 is 1.32 bits per heavy atom. The van der Waals surface area contributed by atoms with Crippen molar-refractivity contribution in [3.63, 3.8) is 0 Å². The van der Waals surface area contributed by atoms with Crippen molar-refractivity contribution in [2.75, 3.05) is 6.61 Å². The average molecular weight is 291 g/mol. The quantitative estimate of drug-likeness (QED) is 0.816. The fraction of sp³-hybridized carbons (Fsp3) is 0.929. The summed E-state index contributed by atoms with van der Waals surface area (Å²) >= 11 is 0. The zero-order valence-corrected chi connectivity index (χ0v) is 13.0. The molecular weight excluding hydrogens is 264 g/mol. The van der Waals surface area contributed by atoms with Crippen LogP contribution in [0.1, 0.15) is 46.5 Å². The molecule has 1 aliphatic carbocycles. The molecule has 1 saturated heterocycles. The smallest absolute Gasteiger partial charge is 0.237 e. The van der Waals surface area contributed by atoms with Gasteiger partial charge < -0.3 is 15.8 Å². The summed E-state index contributed by atoms with van der Waals surface area (Å²) in [7, 11) is 0. The molecule has 19 heavy (non-hydrogen) atoms. The number of hydrogen-bond acceptors (Lipinski definition) is 3. The standard InChI is InChI=1S/C14H26N2O2.ClH/c1-14(2,3)12(15)13(17)16-10-5-4-6-11-9(10)7-8-18-11;/h9-12H,4-8,15H2,1-3H3,(H,16,17);1H/t9?,10?,11?,12-;/m1./s1. The minimum Gasteiger partial charge on any atom is -0.378 e. The van der Waals surface area contributed by atoms with E-state index < -0.39 is 6.04 Å². The minimum absolute atomic E-state index is 0. The Hall–Kier alpha value is -0.320. The number of rotatable bonds is 2. The van der Waals surface area contributed by atoms with Gasteiger partial charge in [-0.1, -0.05) is 20.8 Å². The Labute approximate surface area is 122 Å². The number of fused-ring (bicyclic) bond motifs is 1. The molecule has 0 aromatic carbocycles. The van der Waals surface area contributed by atoms with Gasteiger partial charge in [0.05, 0.1) is 12.1 Å². The molecule has 0 aromatic heterocycles. The lowest BCUT2D eigenvalue weighted by Gasteiger charge is -2.35. The Morgan fingerprint density at radius 3 is 2.63 bits per heavy atom. The molecule has 0 radical (unpaired) electrons. The molecule has 1 saturated carbocycles. The molecule has 0 aromatic rings. The van der Waals surface area contributed by atoms with Gasteiger partial charge in [0.1, 0.15) is 0 Å². The van der Waals surface area contributed by atoms with Gasteiger partial charge in [0, 0.05) is 18.6 Å². The molecule has 1 amide bonds. The number of carbonyl (C=O) groups excluding carboxylic acids is 1. The molecule has 5 heteroatoms. The second-order valence-electron chi connectivity index (χ2n) is 6.75. The third-order valence-electron chi connectivity index (χ3n) is 4.32. The molecule has 2 aliphatic rings. The van der Waals surface area contributed by atoms with Crippen LogP contribution in [0.3, 0.4) is 0 Å². The summed E-state index contributed by atoms with van der Waals surface area (Å²) < 4.78 is 5.71. The van der Waals surface area contributed by atoms with Crippen LogP contribution in [-0.4, -0.2) is 30.7 Å². The summed E-state index contributed by atoms with van der Waals surface area (Å²) in [5, 5.41) is 3.15. The molecule has 2 rings (SSSR count). The van der Waals surface area contributed by atoms with Crippen molar-refractivity contribution >= 4 is 18.3 Å². The number of ether oxygens (including phenoxy) is 1. The monoisotopic (exact) mass is 290 g/mol. The Kier molecular flexibility index (Phi) is 5.65. The maximum atomic E-state index is 12.2. The van der Waals surface area contributed by atoms with Gasteiger partial charge in [0.25, 0.3) is 0 Å². The summed E-state index contributed by atoms with van der Waals surface area (Å²) in [5.41, 5.74) is 5.82. The zero-order chi connectivity index (χ0) is 13.3. The molecular formula is C14H27ClN2O2. The van der Waals surface area contributed by atoms with E-state index in [4.69, 9.17) is 10.5 Å². The molecule has 3 N–H and O–H groups in total. The summed E-state index contributed by atoms with van der Waals surface area (Å²) in [5.74, 6) is 0.481. The second kappa shape index (κ2) is 6.42. The molecule has 0 spiro atoms. The van der Waals surface area contributed by atoms with Gasteiger partial charge in [-0.05, 0) is 31.1 Å². The van der Waals surface area contributed by atoms with E-state index in [2.05, 4.69) is 5.32 Å². The highest BCUT2D eigenvalue weighted by atomic mass is 35.5. The molecule has 4 atom stereocenters. The lowest BCUT2D eigenvalue weighted by Crippen LogP contribution is -2.54. The van der Waals surface area contributed by atoms with E-state index in [1.54, 1.807) is 0 Å². The normalized spacial score (nSPS) is 32.1. The topological polar surface area (TPSA) is 64.4 Å². The summed E-state index contributed by atoms with van der Waals surface area (Å²) in [6.07, 6.45) is 4.77. The van der Waals surface area contributed by atoms with Crippen LogP contribution in [0.25, 0.3) is 0 Å². The van der Waals surface area contributed by atoms with Crippen LogP contribution in [0.2, 0.25) is 0 Å². The Balaban J connectivity index is 0.00000180. The molecule has 1 heterocycles. The van der Waals surface area contributed by atoms with Crippen LogP contribution >= 0.6 is 12.4 Å². The molecule has 112 valence electrons. The zero-order valence-electron chi connectivity index (χ0n) is 12.1. The number of halogens is 1. The number of nitrogens with one attached hydrogen (secondary N) is 1. The predicted octanol–water partition coefficient (Wildman–Crippen LogP) is 1.86. The first-order valence-corrected chi connectivity index (χ1v) is 7.07. The van der Waals surface area contributed by atoms with Gasteiger partial charge in [-0.2, -0.15) is 0 Å². The van der Waals surface area contributed by atoms with Crippen molar-refractivity contribution in [3.05, 3.63) is 0 Å². The minimum atomic E-state index is -0.444. The largest absolute Gasteiger partial charge is 0.378 e. The van der Waals surface area contributed by atoms with E-state index in [1.807, 2.05) is 20.8 Å². The number of amides is 1. The van der Waals surface area contributed by atoms with Crippen molar-refractivity contribution in [1.82, 2.24) is 5.32 Å². The number of carbonyl (C=O) groups is 1. The van der Waals surface area contributed by atoms with Crippen molar-refractivity contribution in [1.29, 1.82) is 0 Å². The van der Waals surface area contributed by atoms with Gasteiger partial charge in [-0.25, -0.2) is 0 Å². The molecule has 4 nitrogen and oxygen atoms in total. The van der Waals surface area contributed by atoms with Crippen molar-refractivity contribution in [2.24, 2.45) is 17.1 Å². The maximum absolute atomic E-state index is 12.2. The van der Waals surface area contributed by atoms with Crippen LogP contribution in [0, 0.1) is 11.3 Å². The molecule has 2 fully saturated rings. The maximum Gasteiger partial charge on any atom is 0.237 e. The number of hydrogen-bond donors (Lipinski definition) is 2. The van der Waals surface area contributed by atoms with Gasteiger partial charge in [-0.15, -0.1) is 12.4 Å². The highest BCUT2D eigenvalue weighted by molar-refractivity contribution is 5.85. The van der Waals surface area contributed by atoms with E-state index in [0.29, 0.717) is 12.0 Å². The van der Waals surface area contributed by atoms with E-state index in [-0.39, 0.29) is 29.8 Å². The van der Waals surface area contributed by atoms with Gasteiger partial charge in [0.15, 0.2) is 0 Å². The fourth-order valence-corrected chi connectivity index (χ4v) is 3.02. The van der Waals surface area contributed by atoms with Crippen molar-refractivity contribution < 1.29 is 9.53 Å². The summed E-state index contributed by atoms with van der Waals surface area (Å²) in [4.78, 5) is 12.2. The molecule has 3 unspecified atom stereocenters. The highest BCUT2D eigenvalue weighted by Crippen LogP contribution is 2.34. The van der Waals surface area contributed by atoms with E-state index in [1.165, 1.54) is 0 Å². The lowest BCUT2D eigenvalue weighted by atomic mass is 9.81.